The average molecular weight is 262 g/mol. The molecule has 0 fully saturated rings. The maximum atomic E-state index is 5.59. The summed E-state index contributed by atoms with van der Waals surface area (Å²) in [6.45, 7) is 0.588. The number of rotatable bonds is 3. The lowest BCUT2D eigenvalue weighted by Gasteiger charge is -2.05. The van der Waals surface area contributed by atoms with Crippen molar-refractivity contribution in [1.82, 2.24) is 0 Å². The Morgan fingerprint density at radius 2 is 1.93 bits per heavy atom. The Hall–Kier alpha value is -1.28. The van der Waals surface area contributed by atoms with Crippen LogP contribution in [0.3, 0.4) is 0 Å². The normalized spacial score (nSPS) is 9.93. The van der Waals surface area contributed by atoms with Crippen LogP contribution < -0.4 is 4.74 Å². The number of halogens is 1. The highest BCUT2D eigenvalue weighted by Gasteiger charge is 1.94. The number of benzene rings is 2. The molecule has 0 heterocycles. The van der Waals surface area contributed by atoms with Crippen LogP contribution in [0.4, 0.5) is 0 Å². The zero-order valence-electron chi connectivity index (χ0n) is 8.11. The standard InChI is InChI=1S/C13H10BrO/c14-12-8-6-11(7-9-12)10-15-13-4-2-1-3-5-13/h1-2,4-9H,10H2. The summed E-state index contributed by atoms with van der Waals surface area (Å²) < 4.78 is 6.67. The highest BCUT2D eigenvalue weighted by molar-refractivity contribution is 9.10. The van der Waals surface area contributed by atoms with Gasteiger partial charge in [-0.25, -0.2) is 0 Å². The molecule has 2 aromatic rings. The van der Waals surface area contributed by atoms with Crippen LogP contribution in [0.5, 0.6) is 5.75 Å². The van der Waals surface area contributed by atoms with Crippen molar-refractivity contribution in [2.45, 2.75) is 6.61 Å². The van der Waals surface area contributed by atoms with E-state index in [4.69, 9.17) is 4.74 Å². The molecule has 0 aromatic heterocycles. The van der Waals surface area contributed by atoms with Gasteiger partial charge in [-0.1, -0.05) is 40.2 Å². The van der Waals surface area contributed by atoms with E-state index in [1.807, 2.05) is 48.5 Å². The molecule has 0 saturated carbocycles. The third-order valence-electron chi connectivity index (χ3n) is 2.00. The highest BCUT2D eigenvalue weighted by Crippen LogP contribution is 2.14. The van der Waals surface area contributed by atoms with Crippen molar-refractivity contribution < 1.29 is 4.74 Å². The van der Waals surface area contributed by atoms with E-state index >= 15 is 0 Å². The summed E-state index contributed by atoms with van der Waals surface area (Å²) in [7, 11) is 0. The van der Waals surface area contributed by atoms with Crippen molar-refractivity contribution in [3.63, 3.8) is 0 Å². The van der Waals surface area contributed by atoms with Gasteiger partial charge in [0.05, 0.1) is 0 Å². The predicted octanol–water partition coefficient (Wildman–Crippen LogP) is 3.83. The second kappa shape index (κ2) is 4.99. The van der Waals surface area contributed by atoms with Crippen molar-refractivity contribution in [3.05, 3.63) is 64.6 Å². The van der Waals surface area contributed by atoms with Gasteiger partial charge in [0.2, 0.25) is 0 Å². The number of ether oxygens (including phenoxy) is 1. The fraction of sp³-hybridized carbons (Fsp3) is 0.0769. The molecule has 15 heavy (non-hydrogen) atoms. The predicted molar refractivity (Wildman–Crippen MR) is 63.8 cm³/mol. The Kier molecular flexibility index (Phi) is 3.41. The number of hydrogen-bond donors (Lipinski definition) is 0. The summed E-state index contributed by atoms with van der Waals surface area (Å²) in [5.74, 6) is 0.848. The molecule has 2 rings (SSSR count). The van der Waals surface area contributed by atoms with E-state index in [0.29, 0.717) is 6.61 Å². The minimum Gasteiger partial charge on any atom is -0.489 e. The Labute approximate surface area is 97.8 Å². The lowest BCUT2D eigenvalue weighted by Crippen LogP contribution is -1.94. The van der Waals surface area contributed by atoms with Crippen LogP contribution in [-0.2, 0) is 6.61 Å². The van der Waals surface area contributed by atoms with Crippen molar-refractivity contribution in [2.24, 2.45) is 0 Å². The lowest BCUT2D eigenvalue weighted by molar-refractivity contribution is 0.306. The maximum absolute atomic E-state index is 5.59. The molecule has 0 bridgehead atoms. The molecule has 0 aliphatic heterocycles. The Morgan fingerprint density at radius 3 is 2.60 bits per heavy atom. The molecular weight excluding hydrogens is 252 g/mol. The first kappa shape index (κ1) is 10.2. The van der Waals surface area contributed by atoms with E-state index in [0.717, 1.165) is 15.8 Å². The van der Waals surface area contributed by atoms with E-state index in [1.165, 1.54) is 0 Å². The van der Waals surface area contributed by atoms with Gasteiger partial charge in [-0.05, 0) is 35.9 Å². The molecule has 1 nitrogen and oxygen atoms in total. The van der Waals surface area contributed by atoms with E-state index in [1.54, 1.807) is 0 Å². The summed E-state index contributed by atoms with van der Waals surface area (Å²) >= 11 is 3.40. The van der Waals surface area contributed by atoms with Crippen LogP contribution >= 0.6 is 15.9 Å². The third kappa shape index (κ3) is 3.10. The van der Waals surface area contributed by atoms with Crippen LogP contribution in [0, 0.1) is 6.07 Å². The molecule has 2 heteroatoms. The van der Waals surface area contributed by atoms with Gasteiger partial charge in [0, 0.05) is 4.47 Å². The first-order valence-electron chi connectivity index (χ1n) is 4.68. The molecule has 75 valence electrons. The summed E-state index contributed by atoms with van der Waals surface area (Å²) in [5, 5.41) is 0. The summed E-state index contributed by atoms with van der Waals surface area (Å²) in [4.78, 5) is 0. The monoisotopic (exact) mass is 261 g/mol. The lowest BCUT2D eigenvalue weighted by atomic mass is 10.2. The van der Waals surface area contributed by atoms with Crippen LogP contribution in [0.1, 0.15) is 5.56 Å². The Morgan fingerprint density at radius 1 is 1.13 bits per heavy atom. The van der Waals surface area contributed by atoms with Gasteiger partial charge in [-0.3, -0.25) is 0 Å². The zero-order valence-corrected chi connectivity index (χ0v) is 9.70. The van der Waals surface area contributed by atoms with Crippen LogP contribution in [0.15, 0.2) is 53.0 Å². The molecule has 0 aliphatic carbocycles. The molecule has 0 spiro atoms. The van der Waals surface area contributed by atoms with Gasteiger partial charge in [0.25, 0.3) is 0 Å². The van der Waals surface area contributed by atoms with E-state index in [9.17, 15) is 0 Å². The SMILES string of the molecule is Brc1ccc(COc2c[c]ccc2)cc1. The van der Waals surface area contributed by atoms with Crippen LogP contribution in [0.2, 0.25) is 0 Å². The third-order valence-corrected chi connectivity index (χ3v) is 2.53. The molecule has 1 radical (unpaired) electrons. The van der Waals surface area contributed by atoms with Gasteiger partial charge in [-0.15, -0.1) is 0 Å². The largest absolute Gasteiger partial charge is 0.489 e. The summed E-state index contributed by atoms with van der Waals surface area (Å²) in [5.41, 5.74) is 1.15. The second-order valence-corrected chi connectivity index (χ2v) is 4.07. The number of hydrogen-bond acceptors (Lipinski definition) is 1. The topological polar surface area (TPSA) is 9.23 Å². The molecule has 0 amide bonds. The quantitative estimate of drug-likeness (QED) is 0.816. The van der Waals surface area contributed by atoms with Gasteiger partial charge >= 0.3 is 0 Å². The molecule has 0 N–H and O–H groups in total. The summed E-state index contributed by atoms with van der Waals surface area (Å²) in [6, 6.07) is 18.6. The Balaban J connectivity index is 1.96. The van der Waals surface area contributed by atoms with Gasteiger partial charge in [0.15, 0.2) is 0 Å². The Bertz CT molecular complexity index is 408. The molecule has 2 aromatic carbocycles. The smallest absolute Gasteiger partial charge is 0.120 e. The molecular formula is C13H10BrO. The fourth-order valence-corrected chi connectivity index (χ4v) is 1.48. The van der Waals surface area contributed by atoms with Crippen LogP contribution in [-0.4, -0.2) is 0 Å². The molecule has 0 atom stereocenters. The average Bonchev–Trinajstić information content (AvgIpc) is 2.30. The van der Waals surface area contributed by atoms with Crippen molar-refractivity contribution in [1.29, 1.82) is 0 Å². The maximum Gasteiger partial charge on any atom is 0.120 e. The van der Waals surface area contributed by atoms with E-state index < -0.39 is 0 Å². The molecule has 0 aliphatic rings. The summed E-state index contributed by atoms with van der Waals surface area (Å²) in [6.07, 6.45) is 0. The van der Waals surface area contributed by atoms with Crippen molar-refractivity contribution in [2.75, 3.05) is 0 Å². The van der Waals surface area contributed by atoms with Crippen molar-refractivity contribution >= 4 is 15.9 Å². The first-order valence-corrected chi connectivity index (χ1v) is 5.47. The van der Waals surface area contributed by atoms with E-state index in [2.05, 4.69) is 22.0 Å². The zero-order chi connectivity index (χ0) is 10.5. The molecule has 0 saturated heterocycles. The van der Waals surface area contributed by atoms with Gasteiger partial charge in [-0.2, -0.15) is 0 Å². The van der Waals surface area contributed by atoms with Gasteiger partial charge in [0.1, 0.15) is 12.4 Å². The van der Waals surface area contributed by atoms with Crippen molar-refractivity contribution in [3.8, 4) is 5.75 Å². The minimum atomic E-state index is 0.588. The highest BCUT2D eigenvalue weighted by atomic mass is 79.9. The second-order valence-electron chi connectivity index (χ2n) is 3.15. The van der Waals surface area contributed by atoms with Gasteiger partial charge < -0.3 is 4.74 Å². The molecule has 0 unspecified atom stereocenters. The van der Waals surface area contributed by atoms with Crippen LogP contribution in [0.25, 0.3) is 0 Å². The van der Waals surface area contributed by atoms with E-state index in [-0.39, 0.29) is 0 Å². The first-order chi connectivity index (χ1) is 7.34. The fourth-order valence-electron chi connectivity index (χ4n) is 1.21. The minimum absolute atomic E-state index is 0.588.